The predicted molar refractivity (Wildman–Crippen MR) is 37.1 cm³/mol. The van der Waals surface area contributed by atoms with E-state index in [1.165, 1.54) is 0 Å². The standard InChI is InChI=1S/C4H4O2S2/c5-3(7)1-2-4(6)8/h1-2H,(H,5,7)(H,6,8). The van der Waals surface area contributed by atoms with Crippen LogP contribution in [0.4, 0.5) is 0 Å². The minimum Gasteiger partial charge on any atom is -0.283 e. The first-order valence-electron chi connectivity index (χ1n) is 1.77. The lowest BCUT2D eigenvalue weighted by molar-refractivity contribution is -0.108. The van der Waals surface area contributed by atoms with Gasteiger partial charge in [-0.25, -0.2) is 0 Å². The van der Waals surface area contributed by atoms with E-state index < -0.39 is 10.2 Å². The third-order valence-electron chi connectivity index (χ3n) is 0.368. The summed E-state index contributed by atoms with van der Waals surface area (Å²) in [6.45, 7) is 0. The lowest BCUT2D eigenvalue weighted by Gasteiger charge is -1.73. The Kier molecular flexibility index (Phi) is 3.64. The molecule has 0 aromatic rings. The third-order valence-corrected chi connectivity index (χ3v) is 0.667. The minimum atomic E-state index is -0.451. The van der Waals surface area contributed by atoms with Crippen molar-refractivity contribution in [3.05, 3.63) is 12.2 Å². The second kappa shape index (κ2) is 3.74. The SMILES string of the molecule is O=C(S)C=CC(=O)S. The van der Waals surface area contributed by atoms with Crippen LogP contribution in [0, 0.1) is 0 Å². The van der Waals surface area contributed by atoms with E-state index in [9.17, 15) is 9.59 Å². The Morgan fingerprint density at radius 2 is 1.25 bits per heavy atom. The Labute approximate surface area is 57.8 Å². The van der Waals surface area contributed by atoms with Crippen LogP contribution in [0.5, 0.6) is 0 Å². The zero-order chi connectivity index (χ0) is 6.57. The highest BCUT2D eigenvalue weighted by atomic mass is 32.1. The van der Waals surface area contributed by atoms with Gasteiger partial charge in [-0.3, -0.25) is 9.59 Å². The zero-order valence-corrected chi connectivity index (χ0v) is 5.65. The Bertz CT molecular complexity index is 123. The molecular formula is C4H4O2S2. The van der Waals surface area contributed by atoms with Crippen molar-refractivity contribution in [2.45, 2.75) is 0 Å². The molecule has 0 fully saturated rings. The number of hydrogen-bond donors (Lipinski definition) is 2. The molecule has 0 atom stereocenters. The average molecular weight is 148 g/mol. The summed E-state index contributed by atoms with van der Waals surface area (Å²) in [5.74, 6) is 0. The molecule has 8 heavy (non-hydrogen) atoms. The topological polar surface area (TPSA) is 34.1 Å². The molecule has 0 aliphatic carbocycles. The number of carbonyl (C=O) groups excluding carboxylic acids is 2. The van der Waals surface area contributed by atoms with Gasteiger partial charge in [0.2, 0.25) is 10.2 Å². The third kappa shape index (κ3) is 5.78. The van der Waals surface area contributed by atoms with E-state index in [0.717, 1.165) is 12.2 Å². The maximum atomic E-state index is 9.94. The van der Waals surface area contributed by atoms with Gasteiger partial charge in [-0.15, -0.1) is 25.3 Å². The molecule has 0 unspecified atom stereocenters. The van der Waals surface area contributed by atoms with Crippen molar-refractivity contribution in [1.82, 2.24) is 0 Å². The summed E-state index contributed by atoms with van der Waals surface area (Å²) in [5.41, 5.74) is 0. The van der Waals surface area contributed by atoms with Crippen LogP contribution in [0.2, 0.25) is 0 Å². The Morgan fingerprint density at radius 3 is 1.38 bits per heavy atom. The van der Waals surface area contributed by atoms with E-state index in [1.54, 1.807) is 0 Å². The van der Waals surface area contributed by atoms with Gasteiger partial charge in [0.25, 0.3) is 0 Å². The maximum absolute atomic E-state index is 9.94. The number of carbonyl (C=O) groups is 2. The van der Waals surface area contributed by atoms with Gasteiger partial charge >= 0.3 is 0 Å². The van der Waals surface area contributed by atoms with E-state index in [-0.39, 0.29) is 0 Å². The van der Waals surface area contributed by atoms with Crippen molar-refractivity contribution in [1.29, 1.82) is 0 Å². The number of hydrogen-bond acceptors (Lipinski definition) is 2. The Hall–Kier alpha value is -0.220. The molecule has 0 saturated carbocycles. The summed E-state index contributed by atoms with van der Waals surface area (Å²) in [6.07, 6.45) is 2.08. The monoisotopic (exact) mass is 148 g/mol. The zero-order valence-electron chi connectivity index (χ0n) is 3.87. The summed E-state index contributed by atoms with van der Waals surface area (Å²) in [6, 6.07) is 0. The second-order valence-corrected chi connectivity index (χ2v) is 1.89. The summed E-state index contributed by atoms with van der Waals surface area (Å²) in [4.78, 5) is 19.9. The minimum absolute atomic E-state index is 0.451. The van der Waals surface area contributed by atoms with Gasteiger partial charge in [-0.2, -0.15) is 0 Å². The molecule has 0 N–H and O–H groups in total. The first-order valence-corrected chi connectivity index (χ1v) is 2.66. The van der Waals surface area contributed by atoms with Gasteiger partial charge in [0.15, 0.2) is 0 Å². The number of thiol groups is 2. The highest BCUT2D eigenvalue weighted by Crippen LogP contribution is 1.84. The van der Waals surface area contributed by atoms with E-state index >= 15 is 0 Å². The molecule has 44 valence electrons. The summed E-state index contributed by atoms with van der Waals surface area (Å²) < 4.78 is 0. The van der Waals surface area contributed by atoms with Crippen LogP contribution < -0.4 is 0 Å². The molecule has 0 aliphatic rings. The first kappa shape index (κ1) is 7.78. The van der Waals surface area contributed by atoms with Crippen molar-refractivity contribution < 1.29 is 9.59 Å². The Morgan fingerprint density at radius 1 is 1.00 bits per heavy atom. The summed E-state index contributed by atoms with van der Waals surface area (Å²) in [7, 11) is 0. The quantitative estimate of drug-likeness (QED) is 0.440. The van der Waals surface area contributed by atoms with E-state index in [0.29, 0.717) is 0 Å². The number of rotatable bonds is 2. The van der Waals surface area contributed by atoms with Crippen molar-refractivity contribution in [3.8, 4) is 0 Å². The molecule has 0 aromatic heterocycles. The smallest absolute Gasteiger partial charge is 0.209 e. The highest BCUT2D eigenvalue weighted by Gasteiger charge is 1.84. The van der Waals surface area contributed by atoms with Crippen LogP contribution in [-0.4, -0.2) is 10.2 Å². The first-order chi connectivity index (χ1) is 3.63. The van der Waals surface area contributed by atoms with Crippen molar-refractivity contribution in [2.24, 2.45) is 0 Å². The average Bonchev–Trinajstić information content (AvgIpc) is 1.61. The van der Waals surface area contributed by atoms with E-state index in [2.05, 4.69) is 25.3 Å². The lowest BCUT2D eigenvalue weighted by atomic mass is 10.5. The lowest BCUT2D eigenvalue weighted by Crippen LogP contribution is -1.79. The predicted octanol–water partition coefficient (Wildman–Crippen LogP) is 0.455. The van der Waals surface area contributed by atoms with E-state index in [4.69, 9.17) is 0 Å². The molecular weight excluding hydrogens is 144 g/mol. The fourth-order valence-electron chi connectivity index (χ4n) is 0.143. The molecule has 0 saturated heterocycles. The fraction of sp³-hybridized carbons (Fsp3) is 0. The largest absolute Gasteiger partial charge is 0.283 e. The van der Waals surface area contributed by atoms with Crippen molar-refractivity contribution in [3.63, 3.8) is 0 Å². The molecule has 0 rings (SSSR count). The van der Waals surface area contributed by atoms with Crippen LogP contribution >= 0.6 is 25.3 Å². The molecule has 0 aromatic carbocycles. The van der Waals surface area contributed by atoms with Crippen LogP contribution in [0.15, 0.2) is 12.2 Å². The van der Waals surface area contributed by atoms with Crippen LogP contribution in [0.1, 0.15) is 0 Å². The van der Waals surface area contributed by atoms with Gasteiger partial charge in [-0.1, -0.05) is 0 Å². The second-order valence-electron chi connectivity index (χ2n) is 1.01. The van der Waals surface area contributed by atoms with Crippen LogP contribution in [0.25, 0.3) is 0 Å². The van der Waals surface area contributed by atoms with Crippen LogP contribution in [-0.2, 0) is 9.59 Å². The molecule has 2 nitrogen and oxygen atoms in total. The van der Waals surface area contributed by atoms with Crippen molar-refractivity contribution >= 4 is 35.5 Å². The maximum Gasteiger partial charge on any atom is 0.209 e. The molecule has 0 aliphatic heterocycles. The van der Waals surface area contributed by atoms with Gasteiger partial charge < -0.3 is 0 Å². The molecule has 0 radical (unpaired) electrons. The van der Waals surface area contributed by atoms with Gasteiger partial charge in [-0.05, 0) is 12.2 Å². The molecule has 0 bridgehead atoms. The van der Waals surface area contributed by atoms with Gasteiger partial charge in [0, 0.05) is 0 Å². The molecule has 4 heteroatoms. The Balaban J connectivity index is 3.67. The normalized spacial score (nSPS) is 9.75. The summed E-state index contributed by atoms with van der Waals surface area (Å²) in [5, 5.41) is -0.903. The van der Waals surface area contributed by atoms with E-state index in [1.807, 2.05) is 0 Å². The highest BCUT2D eigenvalue weighted by molar-refractivity contribution is 7.97. The van der Waals surface area contributed by atoms with Gasteiger partial charge in [0.1, 0.15) is 0 Å². The molecule has 0 amide bonds. The summed E-state index contributed by atoms with van der Waals surface area (Å²) >= 11 is 6.72. The molecule has 0 heterocycles. The van der Waals surface area contributed by atoms with Crippen molar-refractivity contribution in [2.75, 3.05) is 0 Å². The molecule has 0 spiro atoms. The van der Waals surface area contributed by atoms with Crippen LogP contribution in [0.3, 0.4) is 0 Å². The van der Waals surface area contributed by atoms with Gasteiger partial charge in [0.05, 0.1) is 0 Å². The fourth-order valence-corrected chi connectivity index (χ4v) is 0.292.